The highest BCUT2D eigenvalue weighted by molar-refractivity contribution is 9.10. The lowest BCUT2D eigenvalue weighted by atomic mass is 10.1. The maximum atomic E-state index is 12.6. The lowest BCUT2D eigenvalue weighted by molar-refractivity contribution is -0.139. The summed E-state index contributed by atoms with van der Waals surface area (Å²) in [6, 6.07) is 6.50. The third kappa shape index (κ3) is 4.10. The third-order valence-electron chi connectivity index (χ3n) is 4.17. The van der Waals surface area contributed by atoms with Gasteiger partial charge in [0.05, 0.1) is 11.4 Å². The molecule has 1 amide bonds. The number of rotatable bonds is 8. The van der Waals surface area contributed by atoms with Crippen LogP contribution in [-0.2, 0) is 9.53 Å². The highest BCUT2D eigenvalue weighted by atomic mass is 79.9. The van der Waals surface area contributed by atoms with E-state index in [0.29, 0.717) is 0 Å². The number of nitrogens with zero attached hydrogens (tertiary/aromatic N) is 3. The van der Waals surface area contributed by atoms with Crippen LogP contribution in [0, 0.1) is 0 Å². The predicted octanol–water partition coefficient (Wildman–Crippen LogP) is 2.13. The number of ether oxygens (including phenoxy) is 1. The number of aromatic nitrogens is 3. The summed E-state index contributed by atoms with van der Waals surface area (Å²) in [4.78, 5) is 24.0. The zero-order chi connectivity index (χ0) is 18.7. The van der Waals surface area contributed by atoms with Gasteiger partial charge >= 0.3 is 5.97 Å². The van der Waals surface area contributed by atoms with E-state index < -0.39 is 17.9 Å². The van der Waals surface area contributed by atoms with Gasteiger partial charge in [0.25, 0.3) is 5.91 Å². The largest absolute Gasteiger partial charge is 0.480 e. The number of methoxy groups -OCH3 is 1. The van der Waals surface area contributed by atoms with Gasteiger partial charge in [0.2, 0.25) is 0 Å². The van der Waals surface area contributed by atoms with E-state index in [1.54, 1.807) is 4.68 Å². The summed E-state index contributed by atoms with van der Waals surface area (Å²) in [6.07, 6.45) is 2.09. The molecule has 1 atom stereocenters. The first-order valence-electron chi connectivity index (χ1n) is 8.25. The molecule has 0 aliphatic heterocycles. The smallest absolute Gasteiger partial charge is 0.326 e. The zero-order valence-corrected chi connectivity index (χ0v) is 15.8. The van der Waals surface area contributed by atoms with Crippen LogP contribution in [0.1, 0.15) is 41.4 Å². The molecular formula is C17H19BrN4O4. The molecule has 3 rings (SSSR count). The minimum absolute atomic E-state index is 0.178. The van der Waals surface area contributed by atoms with Crippen LogP contribution in [0.2, 0.25) is 0 Å². The second kappa shape index (κ2) is 7.96. The van der Waals surface area contributed by atoms with Crippen LogP contribution in [-0.4, -0.2) is 51.7 Å². The van der Waals surface area contributed by atoms with Crippen LogP contribution in [0.4, 0.5) is 0 Å². The molecule has 1 saturated carbocycles. The molecule has 1 aromatic carbocycles. The number of amides is 1. The Kier molecular flexibility index (Phi) is 5.67. The maximum absolute atomic E-state index is 12.6. The monoisotopic (exact) mass is 422 g/mol. The lowest BCUT2D eigenvalue weighted by Crippen LogP contribution is -2.42. The summed E-state index contributed by atoms with van der Waals surface area (Å²) >= 11 is 3.39. The van der Waals surface area contributed by atoms with Crippen molar-refractivity contribution in [1.82, 2.24) is 20.3 Å². The number of carboxylic acids is 1. The fourth-order valence-corrected chi connectivity index (χ4v) is 2.93. The van der Waals surface area contributed by atoms with Gasteiger partial charge in [-0.1, -0.05) is 21.1 Å². The molecule has 26 heavy (non-hydrogen) atoms. The van der Waals surface area contributed by atoms with E-state index >= 15 is 0 Å². The van der Waals surface area contributed by atoms with Gasteiger partial charge in [0, 0.05) is 30.5 Å². The predicted molar refractivity (Wildman–Crippen MR) is 96.4 cm³/mol. The first-order chi connectivity index (χ1) is 12.5. The number of halogens is 1. The Hall–Kier alpha value is -2.26. The number of benzene rings is 1. The molecule has 0 radical (unpaired) electrons. The van der Waals surface area contributed by atoms with Crippen molar-refractivity contribution in [2.75, 3.05) is 13.7 Å². The van der Waals surface area contributed by atoms with Crippen LogP contribution in [0.5, 0.6) is 0 Å². The van der Waals surface area contributed by atoms with Gasteiger partial charge in [-0.3, -0.25) is 4.79 Å². The fourth-order valence-electron chi connectivity index (χ4n) is 2.67. The Morgan fingerprint density at radius 3 is 2.65 bits per heavy atom. The van der Waals surface area contributed by atoms with Crippen molar-refractivity contribution in [2.24, 2.45) is 0 Å². The van der Waals surface area contributed by atoms with Crippen molar-refractivity contribution in [3.05, 3.63) is 40.1 Å². The molecule has 1 heterocycles. The molecule has 1 aromatic heterocycles. The molecule has 0 saturated heterocycles. The minimum Gasteiger partial charge on any atom is -0.480 e. The normalized spacial score (nSPS) is 14.8. The van der Waals surface area contributed by atoms with Gasteiger partial charge in [-0.15, -0.1) is 5.10 Å². The Bertz CT molecular complexity index is 802. The first kappa shape index (κ1) is 18.5. The molecule has 138 valence electrons. The highest BCUT2D eigenvalue weighted by Crippen LogP contribution is 2.42. The summed E-state index contributed by atoms with van der Waals surface area (Å²) in [6.45, 7) is 0.234. The Labute approximate surface area is 158 Å². The van der Waals surface area contributed by atoms with Crippen molar-refractivity contribution in [2.45, 2.75) is 31.2 Å². The molecule has 1 aliphatic carbocycles. The minimum atomic E-state index is -1.11. The van der Waals surface area contributed by atoms with Gasteiger partial charge in [-0.05, 0) is 37.1 Å². The van der Waals surface area contributed by atoms with Gasteiger partial charge in [-0.2, -0.15) is 0 Å². The van der Waals surface area contributed by atoms with Crippen LogP contribution >= 0.6 is 15.9 Å². The first-order valence-corrected chi connectivity index (χ1v) is 9.04. The molecule has 0 bridgehead atoms. The number of hydrogen-bond acceptors (Lipinski definition) is 5. The molecule has 2 aromatic rings. The zero-order valence-electron chi connectivity index (χ0n) is 14.2. The third-order valence-corrected chi connectivity index (χ3v) is 4.70. The molecular weight excluding hydrogens is 404 g/mol. The molecule has 1 aliphatic rings. The summed E-state index contributed by atoms with van der Waals surface area (Å²) in [7, 11) is 1.48. The summed E-state index contributed by atoms with van der Waals surface area (Å²) < 4.78 is 7.50. The highest BCUT2D eigenvalue weighted by Gasteiger charge is 2.35. The van der Waals surface area contributed by atoms with Crippen molar-refractivity contribution in [3.63, 3.8) is 0 Å². The summed E-state index contributed by atoms with van der Waals surface area (Å²) in [5, 5.41) is 20.0. The summed E-state index contributed by atoms with van der Waals surface area (Å²) in [5.41, 5.74) is 1.70. The van der Waals surface area contributed by atoms with Crippen molar-refractivity contribution in [1.29, 1.82) is 0 Å². The van der Waals surface area contributed by atoms with E-state index in [1.807, 2.05) is 24.3 Å². The molecule has 1 fully saturated rings. The van der Waals surface area contributed by atoms with Crippen LogP contribution in [0.25, 0.3) is 5.69 Å². The standard InChI is InChI=1S/C17H19BrN4O4/c1-26-9-8-13(17(24)25)19-16(23)14-15(10-2-3-10)22(21-20-14)12-6-4-11(18)5-7-12/h4-7,10,13H,2-3,8-9H2,1H3,(H,19,23)(H,24,25). The molecule has 8 nitrogen and oxygen atoms in total. The van der Waals surface area contributed by atoms with E-state index in [2.05, 4.69) is 31.6 Å². The Morgan fingerprint density at radius 1 is 1.38 bits per heavy atom. The number of carbonyl (C=O) groups excluding carboxylic acids is 1. The van der Waals surface area contributed by atoms with E-state index in [4.69, 9.17) is 4.74 Å². The van der Waals surface area contributed by atoms with Crippen LogP contribution in [0.15, 0.2) is 28.7 Å². The van der Waals surface area contributed by atoms with E-state index in [9.17, 15) is 14.7 Å². The SMILES string of the molecule is COCCC(NC(=O)c1nnn(-c2ccc(Br)cc2)c1C1CC1)C(=O)O. The quantitative estimate of drug-likeness (QED) is 0.674. The number of carbonyl (C=O) groups is 2. The summed E-state index contributed by atoms with van der Waals surface area (Å²) in [5.74, 6) is -1.43. The van der Waals surface area contributed by atoms with Crippen LogP contribution in [0.3, 0.4) is 0 Å². The number of hydrogen-bond donors (Lipinski definition) is 2. The fraction of sp³-hybridized carbons (Fsp3) is 0.412. The van der Waals surface area contributed by atoms with Crippen molar-refractivity contribution < 1.29 is 19.4 Å². The maximum Gasteiger partial charge on any atom is 0.326 e. The average Bonchev–Trinajstić information content (AvgIpc) is 3.37. The van der Waals surface area contributed by atoms with Crippen molar-refractivity contribution >= 4 is 27.8 Å². The number of carboxylic acid groups (broad SMARTS) is 1. The van der Waals surface area contributed by atoms with Gasteiger partial charge in [0.15, 0.2) is 5.69 Å². The molecule has 2 N–H and O–H groups in total. The molecule has 9 heteroatoms. The average molecular weight is 423 g/mol. The lowest BCUT2D eigenvalue weighted by Gasteiger charge is -2.14. The number of aliphatic carboxylic acids is 1. The topological polar surface area (TPSA) is 106 Å². The Balaban J connectivity index is 1.86. The van der Waals surface area contributed by atoms with Gasteiger partial charge < -0.3 is 15.2 Å². The van der Waals surface area contributed by atoms with E-state index in [-0.39, 0.29) is 24.6 Å². The second-order valence-corrected chi connectivity index (χ2v) is 7.05. The molecule has 1 unspecified atom stereocenters. The van der Waals surface area contributed by atoms with Crippen molar-refractivity contribution in [3.8, 4) is 5.69 Å². The van der Waals surface area contributed by atoms with Gasteiger partial charge in [0.1, 0.15) is 6.04 Å². The van der Waals surface area contributed by atoms with Gasteiger partial charge in [-0.25, -0.2) is 9.48 Å². The number of nitrogens with one attached hydrogen (secondary N) is 1. The van der Waals surface area contributed by atoms with Crippen LogP contribution < -0.4 is 5.32 Å². The second-order valence-electron chi connectivity index (χ2n) is 6.13. The molecule has 0 spiro atoms. The Morgan fingerprint density at radius 2 is 2.08 bits per heavy atom. The van der Waals surface area contributed by atoms with E-state index in [0.717, 1.165) is 28.7 Å². The van der Waals surface area contributed by atoms with E-state index in [1.165, 1.54) is 7.11 Å².